The molecule has 124 valence electrons. The summed E-state index contributed by atoms with van der Waals surface area (Å²) in [6.07, 6.45) is 2.51. The molecule has 2 heterocycles. The molecule has 25 heavy (non-hydrogen) atoms. The molecule has 3 aromatic rings. The van der Waals surface area contributed by atoms with E-state index in [9.17, 15) is 4.39 Å². The first-order chi connectivity index (χ1) is 12.0. The lowest BCUT2D eigenvalue weighted by atomic mass is 9.94. The van der Waals surface area contributed by atoms with Gasteiger partial charge in [0.25, 0.3) is 0 Å². The lowest BCUT2D eigenvalue weighted by Gasteiger charge is -2.05. The molecule has 0 aliphatic rings. The number of nitrogens with two attached hydrogens (primary N) is 1. The van der Waals surface area contributed by atoms with E-state index in [-0.39, 0.29) is 17.6 Å². The first kappa shape index (κ1) is 16.6. The minimum absolute atomic E-state index is 0.126. The molecule has 2 radical (unpaired) electrons. The van der Waals surface area contributed by atoms with E-state index in [2.05, 4.69) is 20.3 Å². The van der Waals surface area contributed by atoms with Crippen molar-refractivity contribution in [1.29, 1.82) is 5.41 Å². The largest absolute Gasteiger partial charge is 0.382 e. The van der Waals surface area contributed by atoms with Gasteiger partial charge in [0.2, 0.25) is 0 Å². The fourth-order valence-electron chi connectivity index (χ4n) is 2.46. The Morgan fingerprint density at radius 2 is 2.24 bits per heavy atom. The molecule has 2 aromatic heterocycles. The molecule has 0 fully saturated rings. The quantitative estimate of drug-likeness (QED) is 0.367. The van der Waals surface area contributed by atoms with Crippen molar-refractivity contribution in [1.82, 2.24) is 20.0 Å². The van der Waals surface area contributed by atoms with Crippen molar-refractivity contribution in [2.45, 2.75) is 12.8 Å². The molecule has 3 rings (SSSR count). The van der Waals surface area contributed by atoms with Gasteiger partial charge in [-0.05, 0) is 18.2 Å². The van der Waals surface area contributed by atoms with Gasteiger partial charge >= 0.3 is 0 Å². The highest BCUT2D eigenvalue weighted by Crippen LogP contribution is 2.22. The molecule has 7 nitrogen and oxygen atoms in total. The number of hydrogen-bond acceptors (Lipinski definition) is 3. The molecule has 1 unspecified atom stereocenters. The molecular formula is C16H15BFN7. The van der Waals surface area contributed by atoms with Crippen LogP contribution in [-0.4, -0.2) is 40.0 Å². The van der Waals surface area contributed by atoms with Gasteiger partial charge in [-0.3, -0.25) is 5.41 Å². The van der Waals surface area contributed by atoms with Crippen molar-refractivity contribution >= 4 is 25.5 Å². The first-order valence-corrected chi connectivity index (χ1v) is 7.49. The highest BCUT2D eigenvalue weighted by Gasteiger charge is 2.18. The second-order valence-corrected chi connectivity index (χ2v) is 5.46. The molecule has 0 saturated carbocycles. The molecule has 0 amide bonds. The Bertz CT molecular complexity index is 944. The SMILES string of the molecule is [B]c1cc(C(C)c2cn(-c3ccccc3F)nn2)[nH]c1C(N)=NC=N. The maximum atomic E-state index is 13.9. The molecular weight excluding hydrogens is 320 g/mol. The number of amidine groups is 1. The van der Waals surface area contributed by atoms with Crippen LogP contribution in [-0.2, 0) is 0 Å². The van der Waals surface area contributed by atoms with Crippen molar-refractivity contribution in [3.05, 3.63) is 59.4 Å². The highest BCUT2D eigenvalue weighted by atomic mass is 19.1. The Labute approximate surface area is 144 Å². The second-order valence-electron chi connectivity index (χ2n) is 5.46. The Morgan fingerprint density at radius 3 is 2.96 bits per heavy atom. The smallest absolute Gasteiger partial charge is 0.148 e. The van der Waals surface area contributed by atoms with Crippen molar-refractivity contribution in [2.24, 2.45) is 10.7 Å². The summed E-state index contributed by atoms with van der Waals surface area (Å²) in [5.41, 5.74) is 8.36. The average Bonchev–Trinajstić information content (AvgIpc) is 3.22. The molecule has 0 spiro atoms. The maximum Gasteiger partial charge on any atom is 0.148 e. The van der Waals surface area contributed by atoms with Crippen LogP contribution in [0.2, 0.25) is 0 Å². The summed E-state index contributed by atoms with van der Waals surface area (Å²) in [5, 5.41) is 15.1. The third-order valence-electron chi connectivity index (χ3n) is 3.85. The van der Waals surface area contributed by atoms with Gasteiger partial charge in [0.05, 0.1) is 17.6 Å². The van der Waals surface area contributed by atoms with E-state index in [0.29, 0.717) is 22.5 Å². The van der Waals surface area contributed by atoms with Crippen molar-refractivity contribution < 1.29 is 4.39 Å². The number of nitrogens with zero attached hydrogens (tertiary/aromatic N) is 4. The fourth-order valence-corrected chi connectivity index (χ4v) is 2.46. The van der Waals surface area contributed by atoms with E-state index in [1.807, 2.05) is 6.92 Å². The highest BCUT2D eigenvalue weighted by molar-refractivity contribution is 6.36. The Kier molecular flexibility index (Phi) is 4.47. The number of benzene rings is 1. The lowest BCUT2D eigenvalue weighted by Crippen LogP contribution is -2.22. The van der Waals surface area contributed by atoms with E-state index in [4.69, 9.17) is 19.0 Å². The Morgan fingerprint density at radius 1 is 1.48 bits per heavy atom. The standard InChI is InChI=1S/C16H15BFN7/c1-9(12-6-10(17)15(22-12)16(20)21-8-19)13-7-25(24-23-13)14-5-3-2-4-11(14)18/h2-9,22H,1H3,(H3,19,20,21). The van der Waals surface area contributed by atoms with E-state index in [1.54, 1.807) is 30.5 Å². The van der Waals surface area contributed by atoms with Gasteiger partial charge in [0, 0.05) is 11.6 Å². The minimum Gasteiger partial charge on any atom is -0.382 e. The van der Waals surface area contributed by atoms with Gasteiger partial charge in [-0.1, -0.05) is 29.7 Å². The van der Waals surface area contributed by atoms with Crippen LogP contribution in [0.25, 0.3) is 5.69 Å². The summed E-state index contributed by atoms with van der Waals surface area (Å²) >= 11 is 0. The summed E-state index contributed by atoms with van der Waals surface area (Å²) in [4.78, 5) is 6.80. The summed E-state index contributed by atoms with van der Waals surface area (Å²) in [6, 6.07) is 8.06. The van der Waals surface area contributed by atoms with E-state index >= 15 is 0 Å². The average molecular weight is 335 g/mol. The molecule has 9 heteroatoms. The normalized spacial score (nSPS) is 13.0. The predicted molar refractivity (Wildman–Crippen MR) is 94.5 cm³/mol. The molecule has 0 bridgehead atoms. The van der Waals surface area contributed by atoms with Crippen LogP contribution >= 0.6 is 0 Å². The molecule has 0 saturated heterocycles. The van der Waals surface area contributed by atoms with Gasteiger partial charge < -0.3 is 10.7 Å². The zero-order chi connectivity index (χ0) is 18.0. The summed E-state index contributed by atoms with van der Waals surface area (Å²) < 4.78 is 15.3. The van der Waals surface area contributed by atoms with Gasteiger partial charge in [0.15, 0.2) is 0 Å². The molecule has 4 N–H and O–H groups in total. The van der Waals surface area contributed by atoms with E-state index in [0.717, 1.165) is 12.0 Å². The van der Waals surface area contributed by atoms with Gasteiger partial charge in [-0.15, -0.1) is 5.10 Å². The third kappa shape index (κ3) is 3.21. The lowest BCUT2D eigenvalue weighted by molar-refractivity contribution is 0.607. The maximum absolute atomic E-state index is 13.9. The van der Waals surface area contributed by atoms with Gasteiger partial charge in [0.1, 0.15) is 31.5 Å². The van der Waals surface area contributed by atoms with Crippen LogP contribution in [0.15, 0.2) is 41.5 Å². The van der Waals surface area contributed by atoms with E-state index < -0.39 is 0 Å². The molecule has 0 aliphatic heterocycles. The number of para-hydroxylation sites is 1. The van der Waals surface area contributed by atoms with Crippen LogP contribution in [0.5, 0.6) is 0 Å². The first-order valence-electron chi connectivity index (χ1n) is 7.49. The second kappa shape index (κ2) is 6.72. The number of hydrogen-bond donors (Lipinski definition) is 3. The number of aromatic nitrogens is 4. The molecule has 1 aromatic carbocycles. The summed E-state index contributed by atoms with van der Waals surface area (Å²) in [7, 11) is 5.95. The number of aliphatic imine (C=N–C) groups is 1. The van der Waals surface area contributed by atoms with Crippen LogP contribution in [0.1, 0.15) is 29.9 Å². The van der Waals surface area contributed by atoms with Crippen molar-refractivity contribution in [2.75, 3.05) is 0 Å². The number of halogens is 1. The van der Waals surface area contributed by atoms with Crippen LogP contribution < -0.4 is 11.2 Å². The van der Waals surface area contributed by atoms with Crippen LogP contribution in [0, 0.1) is 11.2 Å². The fraction of sp³-hybridized carbons (Fsp3) is 0.125. The topological polar surface area (TPSA) is 109 Å². The van der Waals surface area contributed by atoms with Gasteiger partial charge in [-0.2, -0.15) is 0 Å². The minimum atomic E-state index is -0.381. The number of nitrogens with one attached hydrogen (secondary N) is 2. The predicted octanol–water partition coefficient (Wildman–Crippen LogP) is 0.992. The van der Waals surface area contributed by atoms with Crippen molar-refractivity contribution in [3.8, 4) is 5.69 Å². The van der Waals surface area contributed by atoms with Crippen LogP contribution in [0.4, 0.5) is 4.39 Å². The van der Waals surface area contributed by atoms with Gasteiger partial charge in [-0.25, -0.2) is 14.1 Å². The zero-order valence-corrected chi connectivity index (χ0v) is 13.4. The third-order valence-corrected chi connectivity index (χ3v) is 3.85. The molecule has 0 aliphatic carbocycles. The summed E-state index contributed by atoms with van der Waals surface area (Å²) in [6.45, 7) is 1.91. The molecule has 1 atom stereocenters. The monoisotopic (exact) mass is 335 g/mol. The Hall–Kier alpha value is -3.23. The number of rotatable bonds is 5. The summed E-state index contributed by atoms with van der Waals surface area (Å²) in [5.74, 6) is -0.432. The van der Waals surface area contributed by atoms with Crippen molar-refractivity contribution in [3.63, 3.8) is 0 Å². The zero-order valence-electron chi connectivity index (χ0n) is 13.4. The number of aromatic amines is 1. The number of H-pyrrole nitrogens is 1. The van der Waals surface area contributed by atoms with E-state index in [1.165, 1.54) is 10.7 Å². The van der Waals surface area contributed by atoms with Crippen LogP contribution in [0.3, 0.4) is 0 Å². The Balaban J connectivity index is 1.91.